The zero-order chi connectivity index (χ0) is 14.8. The molecule has 108 valence electrons. The molecule has 0 aliphatic heterocycles. The first-order chi connectivity index (χ1) is 8.90. The van der Waals surface area contributed by atoms with E-state index in [0.29, 0.717) is 17.8 Å². The highest BCUT2D eigenvalue weighted by Gasteiger charge is 2.01. The number of nitrogens with zero attached hydrogens (tertiary/aromatic N) is 4. The summed E-state index contributed by atoms with van der Waals surface area (Å²) < 4.78 is 0. The smallest absolute Gasteiger partial charge is 0.193 e. The highest BCUT2D eigenvalue weighted by molar-refractivity contribution is 6.02. The van der Waals surface area contributed by atoms with Crippen LogP contribution < -0.4 is 0 Å². The molecule has 4 N–H and O–H groups in total. The summed E-state index contributed by atoms with van der Waals surface area (Å²) in [5.41, 5.74) is 1.50. The maximum absolute atomic E-state index is 8.78. The molecule has 0 aliphatic carbocycles. The Balaban J connectivity index is 4.60. The standard InChI is InChI=1S/C11H20N4O4/c1-7(12-14-9(3)11(18)19)4-8(2)13-15-10(5-16)6-17/h11,16-19H,4-6H2,1-3H3/b12-7+,13-8+,14-9+. The van der Waals surface area contributed by atoms with E-state index >= 15 is 0 Å². The maximum Gasteiger partial charge on any atom is 0.193 e. The predicted molar refractivity (Wildman–Crippen MR) is 73.8 cm³/mol. The van der Waals surface area contributed by atoms with Gasteiger partial charge in [-0.15, -0.1) is 0 Å². The summed E-state index contributed by atoms with van der Waals surface area (Å²) in [6.45, 7) is 4.17. The first-order valence-electron chi connectivity index (χ1n) is 5.65. The third-order valence-corrected chi connectivity index (χ3v) is 1.99. The molecule has 0 aromatic carbocycles. The summed E-state index contributed by atoms with van der Waals surface area (Å²) in [5.74, 6) is 0. The molecule has 0 bridgehead atoms. The van der Waals surface area contributed by atoms with Crippen molar-refractivity contribution < 1.29 is 20.4 Å². The third-order valence-electron chi connectivity index (χ3n) is 1.99. The molecule has 0 radical (unpaired) electrons. The molecule has 0 aromatic rings. The average molecular weight is 272 g/mol. The minimum Gasteiger partial charge on any atom is -0.390 e. The largest absolute Gasteiger partial charge is 0.390 e. The van der Waals surface area contributed by atoms with Crippen molar-refractivity contribution in [2.75, 3.05) is 13.2 Å². The number of rotatable bonds is 7. The van der Waals surface area contributed by atoms with Crippen molar-refractivity contribution in [3.05, 3.63) is 0 Å². The van der Waals surface area contributed by atoms with E-state index in [4.69, 9.17) is 20.4 Å². The first kappa shape index (κ1) is 17.5. The second-order valence-corrected chi connectivity index (χ2v) is 3.94. The average Bonchev–Trinajstić information content (AvgIpc) is 2.36. The summed E-state index contributed by atoms with van der Waals surface area (Å²) in [6.07, 6.45) is -1.22. The van der Waals surface area contributed by atoms with E-state index in [-0.39, 0.29) is 24.6 Å². The summed E-state index contributed by atoms with van der Waals surface area (Å²) in [6, 6.07) is 0. The van der Waals surface area contributed by atoms with Gasteiger partial charge in [0, 0.05) is 17.8 Å². The fourth-order valence-corrected chi connectivity index (χ4v) is 0.926. The lowest BCUT2D eigenvalue weighted by Crippen LogP contribution is -2.15. The molecule has 19 heavy (non-hydrogen) atoms. The highest BCUT2D eigenvalue weighted by atomic mass is 16.5. The molecular weight excluding hydrogens is 252 g/mol. The van der Waals surface area contributed by atoms with E-state index in [2.05, 4.69) is 20.4 Å². The van der Waals surface area contributed by atoms with Gasteiger partial charge in [-0.3, -0.25) is 0 Å². The zero-order valence-corrected chi connectivity index (χ0v) is 11.3. The molecule has 0 aromatic heterocycles. The maximum atomic E-state index is 8.78. The van der Waals surface area contributed by atoms with E-state index in [0.717, 1.165) is 0 Å². The van der Waals surface area contributed by atoms with Crippen LogP contribution in [0.1, 0.15) is 27.2 Å². The Morgan fingerprint density at radius 3 is 1.74 bits per heavy atom. The third kappa shape index (κ3) is 8.27. The second kappa shape index (κ2) is 9.45. The van der Waals surface area contributed by atoms with Crippen LogP contribution in [0.15, 0.2) is 20.4 Å². The summed E-state index contributed by atoms with van der Waals surface area (Å²) in [7, 11) is 0. The lowest BCUT2D eigenvalue weighted by Gasteiger charge is -2.00. The quantitative estimate of drug-likeness (QED) is 0.278. The molecule has 8 nitrogen and oxygen atoms in total. The Hall–Kier alpha value is -1.48. The van der Waals surface area contributed by atoms with E-state index in [9.17, 15) is 0 Å². The van der Waals surface area contributed by atoms with Crippen LogP contribution in [0.3, 0.4) is 0 Å². The number of aliphatic hydroxyl groups is 4. The van der Waals surface area contributed by atoms with Gasteiger partial charge in [0.15, 0.2) is 6.29 Å². The van der Waals surface area contributed by atoms with Gasteiger partial charge in [-0.25, -0.2) is 0 Å². The van der Waals surface area contributed by atoms with E-state index in [1.54, 1.807) is 13.8 Å². The van der Waals surface area contributed by atoms with Crippen LogP contribution in [0.5, 0.6) is 0 Å². The van der Waals surface area contributed by atoms with Crippen molar-refractivity contribution in [1.29, 1.82) is 0 Å². The molecule has 0 spiro atoms. The molecule has 0 fully saturated rings. The van der Waals surface area contributed by atoms with Crippen molar-refractivity contribution in [1.82, 2.24) is 0 Å². The lowest BCUT2D eigenvalue weighted by molar-refractivity contribution is 0.0190. The topological polar surface area (TPSA) is 130 Å². The molecule has 0 unspecified atom stereocenters. The summed E-state index contributed by atoms with van der Waals surface area (Å²) in [5, 5.41) is 50.0. The van der Waals surface area contributed by atoms with Crippen LogP contribution >= 0.6 is 0 Å². The van der Waals surface area contributed by atoms with E-state index in [1.165, 1.54) is 6.92 Å². The molecule has 0 atom stereocenters. The normalized spacial score (nSPS) is 14.0. The van der Waals surface area contributed by atoms with Gasteiger partial charge in [-0.2, -0.15) is 20.4 Å². The van der Waals surface area contributed by atoms with Crippen LogP contribution in [0.25, 0.3) is 0 Å². The van der Waals surface area contributed by atoms with Crippen molar-refractivity contribution >= 4 is 22.8 Å². The molecule has 0 aliphatic rings. The van der Waals surface area contributed by atoms with Crippen molar-refractivity contribution in [2.24, 2.45) is 20.4 Å². The van der Waals surface area contributed by atoms with Gasteiger partial charge in [0.1, 0.15) is 0 Å². The Bertz CT molecular complexity index is 371. The Morgan fingerprint density at radius 2 is 1.32 bits per heavy atom. The minimum absolute atomic E-state index is 0.0924. The monoisotopic (exact) mass is 272 g/mol. The fourth-order valence-electron chi connectivity index (χ4n) is 0.926. The van der Waals surface area contributed by atoms with Crippen LogP contribution in [0, 0.1) is 0 Å². The fraction of sp³-hybridized carbons (Fsp3) is 0.636. The molecule has 8 heteroatoms. The van der Waals surface area contributed by atoms with Gasteiger partial charge in [-0.1, -0.05) is 0 Å². The van der Waals surface area contributed by atoms with Crippen molar-refractivity contribution in [2.45, 2.75) is 33.5 Å². The van der Waals surface area contributed by atoms with Crippen molar-refractivity contribution in [3.8, 4) is 0 Å². The highest BCUT2D eigenvalue weighted by Crippen LogP contribution is 1.95. The van der Waals surface area contributed by atoms with Gasteiger partial charge in [0.25, 0.3) is 0 Å². The molecule has 0 rings (SSSR count). The second-order valence-electron chi connectivity index (χ2n) is 3.94. The van der Waals surface area contributed by atoms with Gasteiger partial charge in [0.05, 0.1) is 24.6 Å². The molecule has 0 saturated heterocycles. The van der Waals surface area contributed by atoms with E-state index in [1.807, 2.05) is 0 Å². The van der Waals surface area contributed by atoms with Crippen LogP contribution in [0.4, 0.5) is 0 Å². The summed E-state index contributed by atoms with van der Waals surface area (Å²) >= 11 is 0. The predicted octanol–water partition coefficient (Wildman–Crippen LogP) is -0.674. The Kier molecular flexibility index (Phi) is 8.71. The number of hydrogen-bond acceptors (Lipinski definition) is 8. The minimum atomic E-state index is -1.62. The first-order valence-corrected chi connectivity index (χ1v) is 5.65. The van der Waals surface area contributed by atoms with E-state index < -0.39 is 6.29 Å². The number of aliphatic hydroxyl groups excluding tert-OH is 3. The van der Waals surface area contributed by atoms with Gasteiger partial charge in [-0.05, 0) is 20.8 Å². The summed E-state index contributed by atoms with van der Waals surface area (Å²) in [4.78, 5) is 0. The van der Waals surface area contributed by atoms with Crippen LogP contribution in [-0.2, 0) is 0 Å². The van der Waals surface area contributed by atoms with Crippen LogP contribution in [-0.4, -0.2) is 62.8 Å². The van der Waals surface area contributed by atoms with Gasteiger partial charge >= 0.3 is 0 Å². The van der Waals surface area contributed by atoms with Gasteiger partial charge < -0.3 is 20.4 Å². The van der Waals surface area contributed by atoms with Crippen LogP contribution in [0.2, 0.25) is 0 Å². The van der Waals surface area contributed by atoms with Gasteiger partial charge in [0.2, 0.25) is 0 Å². The molecule has 0 saturated carbocycles. The Morgan fingerprint density at radius 1 is 0.842 bits per heavy atom. The number of hydrogen-bond donors (Lipinski definition) is 4. The molecule has 0 amide bonds. The molecular formula is C11H20N4O4. The lowest BCUT2D eigenvalue weighted by atomic mass is 10.2. The van der Waals surface area contributed by atoms with Crippen molar-refractivity contribution in [3.63, 3.8) is 0 Å². The molecule has 0 heterocycles. The zero-order valence-electron chi connectivity index (χ0n) is 11.3. The Labute approximate surface area is 111 Å². The SMILES string of the molecule is C/C(C/C(C)=N/N=C(\C)C(O)O)=N\N=C(CO)CO.